The molecule has 0 saturated heterocycles. The molecule has 0 spiro atoms. The molecule has 0 bridgehead atoms. The first-order chi connectivity index (χ1) is 5.57. The van der Waals surface area contributed by atoms with Gasteiger partial charge in [-0.2, -0.15) is 8.78 Å². The zero-order chi connectivity index (χ0) is 9.30. The number of phenols is 1. The molecule has 0 aromatic heterocycles. The van der Waals surface area contributed by atoms with E-state index in [9.17, 15) is 8.78 Å². The Morgan fingerprint density at radius 3 is 2.50 bits per heavy atom. The molecule has 1 rings (SSSR count). The van der Waals surface area contributed by atoms with Gasteiger partial charge in [0.05, 0.1) is 11.6 Å². The van der Waals surface area contributed by atoms with Gasteiger partial charge in [-0.25, -0.2) is 0 Å². The molecular formula is C7H5BrF2O2. The quantitative estimate of drug-likeness (QED) is 0.762. The summed E-state index contributed by atoms with van der Waals surface area (Å²) in [7, 11) is 1.21. The topological polar surface area (TPSA) is 29.5 Å². The van der Waals surface area contributed by atoms with Crippen molar-refractivity contribution in [3.63, 3.8) is 0 Å². The van der Waals surface area contributed by atoms with Crippen LogP contribution < -0.4 is 4.74 Å². The summed E-state index contributed by atoms with van der Waals surface area (Å²) in [6.07, 6.45) is 0. The van der Waals surface area contributed by atoms with E-state index in [-0.39, 0.29) is 10.2 Å². The lowest BCUT2D eigenvalue weighted by atomic mass is 10.3. The van der Waals surface area contributed by atoms with Crippen molar-refractivity contribution in [3.8, 4) is 11.5 Å². The monoisotopic (exact) mass is 238 g/mol. The summed E-state index contributed by atoms with van der Waals surface area (Å²) in [5.41, 5.74) is 0. The minimum absolute atomic E-state index is 0.0539. The maximum Gasteiger partial charge on any atom is 0.205 e. The van der Waals surface area contributed by atoms with Gasteiger partial charge in [0.15, 0.2) is 11.5 Å². The second kappa shape index (κ2) is 3.26. The molecule has 0 fully saturated rings. The fraction of sp³-hybridized carbons (Fsp3) is 0.143. The SMILES string of the molecule is COc1cc(Br)c(O)c(F)c1F. The number of methoxy groups -OCH3 is 1. The highest BCUT2D eigenvalue weighted by atomic mass is 79.9. The normalized spacial score (nSPS) is 10.0. The molecular weight excluding hydrogens is 234 g/mol. The molecule has 1 aromatic rings. The highest BCUT2D eigenvalue weighted by molar-refractivity contribution is 9.10. The van der Waals surface area contributed by atoms with Gasteiger partial charge < -0.3 is 9.84 Å². The van der Waals surface area contributed by atoms with Gasteiger partial charge in [0.2, 0.25) is 11.6 Å². The van der Waals surface area contributed by atoms with Gasteiger partial charge in [0.25, 0.3) is 0 Å². The highest BCUT2D eigenvalue weighted by Crippen LogP contribution is 2.34. The molecule has 0 amide bonds. The van der Waals surface area contributed by atoms with Crippen molar-refractivity contribution in [3.05, 3.63) is 22.2 Å². The Morgan fingerprint density at radius 1 is 1.42 bits per heavy atom. The Bertz CT molecular complexity index is 315. The van der Waals surface area contributed by atoms with Crippen LogP contribution in [0.5, 0.6) is 11.5 Å². The number of hydrogen-bond acceptors (Lipinski definition) is 2. The van der Waals surface area contributed by atoms with Crippen molar-refractivity contribution in [1.82, 2.24) is 0 Å². The fourth-order valence-electron chi connectivity index (χ4n) is 0.712. The minimum atomic E-state index is -1.32. The lowest BCUT2D eigenvalue weighted by molar-refractivity contribution is 0.353. The van der Waals surface area contributed by atoms with E-state index >= 15 is 0 Å². The molecule has 1 aromatic carbocycles. The Labute approximate surface area is 75.9 Å². The van der Waals surface area contributed by atoms with Gasteiger partial charge in [0, 0.05) is 6.07 Å². The zero-order valence-electron chi connectivity index (χ0n) is 6.07. The second-order valence-electron chi connectivity index (χ2n) is 2.04. The smallest absolute Gasteiger partial charge is 0.205 e. The molecule has 0 aliphatic rings. The first-order valence-corrected chi connectivity index (χ1v) is 3.77. The van der Waals surface area contributed by atoms with Gasteiger partial charge in [-0.05, 0) is 15.9 Å². The summed E-state index contributed by atoms with van der Waals surface area (Å²) in [6, 6.07) is 1.15. The Morgan fingerprint density at radius 2 is 2.00 bits per heavy atom. The predicted molar refractivity (Wildman–Crippen MR) is 42.3 cm³/mol. The van der Waals surface area contributed by atoms with Crippen molar-refractivity contribution in [1.29, 1.82) is 0 Å². The average Bonchev–Trinajstić information content (AvgIpc) is 2.08. The number of aromatic hydroxyl groups is 1. The summed E-state index contributed by atoms with van der Waals surface area (Å²) in [5, 5.41) is 8.89. The van der Waals surface area contributed by atoms with Gasteiger partial charge >= 0.3 is 0 Å². The molecule has 0 heterocycles. The molecule has 1 N–H and O–H groups in total. The Kier molecular flexibility index (Phi) is 2.52. The molecule has 2 nitrogen and oxygen atoms in total. The van der Waals surface area contributed by atoms with E-state index in [1.165, 1.54) is 7.11 Å². The number of halogens is 3. The number of hydrogen-bond donors (Lipinski definition) is 1. The Hall–Kier alpha value is -0.840. The molecule has 0 aliphatic heterocycles. The van der Waals surface area contributed by atoms with E-state index in [0.717, 1.165) is 6.07 Å². The maximum absolute atomic E-state index is 12.8. The van der Waals surface area contributed by atoms with Crippen molar-refractivity contribution < 1.29 is 18.6 Å². The summed E-state index contributed by atoms with van der Waals surface area (Å²) in [6.45, 7) is 0. The van der Waals surface area contributed by atoms with Crippen LogP contribution in [0.1, 0.15) is 0 Å². The van der Waals surface area contributed by atoms with Gasteiger partial charge in [-0.3, -0.25) is 0 Å². The largest absolute Gasteiger partial charge is 0.504 e. The van der Waals surface area contributed by atoms with Crippen LogP contribution in [-0.4, -0.2) is 12.2 Å². The standard InChI is InChI=1S/C7H5BrF2O2/c1-12-4-2-3(8)7(11)6(10)5(4)9/h2,11H,1H3. The highest BCUT2D eigenvalue weighted by Gasteiger charge is 2.16. The molecule has 0 aliphatic carbocycles. The van der Waals surface area contributed by atoms with Crippen LogP contribution in [-0.2, 0) is 0 Å². The predicted octanol–water partition coefficient (Wildman–Crippen LogP) is 2.44. The van der Waals surface area contributed by atoms with Crippen LogP contribution in [0.25, 0.3) is 0 Å². The third-order valence-electron chi connectivity index (χ3n) is 1.32. The van der Waals surface area contributed by atoms with Crippen LogP contribution in [0.3, 0.4) is 0 Å². The van der Waals surface area contributed by atoms with E-state index in [1.807, 2.05) is 0 Å². The third kappa shape index (κ3) is 1.36. The summed E-state index contributed by atoms with van der Waals surface area (Å²) < 4.78 is 30.0. The molecule has 0 radical (unpaired) electrons. The minimum Gasteiger partial charge on any atom is -0.504 e. The number of benzene rings is 1. The summed E-state index contributed by atoms with van der Waals surface area (Å²) in [4.78, 5) is 0. The van der Waals surface area contributed by atoms with E-state index < -0.39 is 17.4 Å². The van der Waals surface area contributed by atoms with Gasteiger partial charge in [-0.1, -0.05) is 0 Å². The van der Waals surface area contributed by atoms with E-state index in [4.69, 9.17) is 5.11 Å². The fourth-order valence-corrected chi connectivity index (χ4v) is 1.09. The number of rotatable bonds is 1. The number of phenolic OH excluding ortho intramolecular Hbond substituents is 1. The molecule has 0 unspecified atom stereocenters. The lowest BCUT2D eigenvalue weighted by Gasteiger charge is -2.05. The molecule has 0 saturated carbocycles. The first kappa shape index (κ1) is 9.25. The van der Waals surface area contributed by atoms with Crippen LogP contribution in [0.4, 0.5) is 8.78 Å². The first-order valence-electron chi connectivity index (χ1n) is 2.98. The third-order valence-corrected chi connectivity index (χ3v) is 1.93. The molecule has 12 heavy (non-hydrogen) atoms. The summed E-state index contributed by atoms with van der Waals surface area (Å²) in [5.74, 6) is -3.52. The van der Waals surface area contributed by atoms with E-state index in [1.54, 1.807) is 0 Å². The van der Waals surface area contributed by atoms with Crippen molar-refractivity contribution in [2.45, 2.75) is 0 Å². The van der Waals surface area contributed by atoms with Gasteiger partial charge in [-0.15, -0.1) is 0 Å². The maximum atomic E-state index is 12.8. The van der Waals surface area contributed by atoms with Crippen LogP contribution in [0, 0.1) is 11.6 Å². The van der Waals surface area contributed by atoms with Crippen molar-refractivity contribution in [2.24, 2.45) is 0 Å². The van der Waals surface area contributed by atoms with Crippen LogP contribution in [0.15, 0.2) is 10.5 Å². The van der Waals surface area contributed by atoms with Gasteiger partial charge in [0.1, 0.15) is 0 Å². The lowest BCUT2D eigenvalue weighted by Crippen LogP contribution is -1.92. The molecule has 66 valence electrons. The zero-order valence-corrected chi connectivity index (χ0v) is 7.65. The molecule has 0 atom stereocenters. The molecule has 5 heteroatoms. The van der Waals surface area contributed by atoms with Crippen LogP contribution in [0.2, 0.25) is 0 Å². The van der Waals surface area contributed by atoms with E-state index in [0.29, 0.717) is 0 Å². The van der Waals surface area contributed by atoms with E-state index in [2.05, 4.69) is 20.7 Å². The number of ether oxygens (including phenoxy) is 1. The van der Waals surface area contributed by atoms with Crippen molar-refractivity contribution >= 4 is 15.9 Å². The average molecular weight is 239 g/mol. The second-order valence-corrected chi connectivity index (χ2v) is 2.89. The van der Waals surface area contributed by atoms with Crippen molar-refractivity contribution in [2.75, 3.05) is 7.11 Å². The summed E-state index contributed by atoms with van der Waals surface area (Å²) >= 11 is 2.84. The van der Waals surface area contributed by atoms with Crippen LogP contribution >= 0.6 is 15.9 Å². The Balaban J connectivity index is 3.39.